The molecule has 8 rings (SSSR count). The van der Waals surface area contributed by atoms with Crippen LogP contribution >= 0.6 is 0 Å². The van der Waals surface area contributed by atoms with Crippen molar-refractivity contribution in [1.82, 2.24) is 10.3 Å². The number of allylic oxidation sites excluding steroid dienone is 2. The van der Waals surface area contributed by atoms with Crippen LogP contribution in [0.4, 0.5) is 5.69 Å². The molecule has 1 atom stereocenters. The van der Waals surface area contributed by atoms with Crippen molar-refractivity contribution in [2.45, 2.75) is 25.9 Å². The van der Waals surface area contributed by atoms with Gasteiger partial charge in [-0.25, -0.2) is 9.98 Å². The van der Waals surface area contributed by atoms with E-state index in [1.165, 1.54) is 16.7 Å². The van der Waals surface area contributed by atoms with Gasteiger partial charge in [-0.05, 0) is 71.3 Å². The summed E-state index contributed by atoms with van der Waals surface area (Å²) in [7, 11) is 0. The van der Waals surface area contributed by atoms with Gasteiger partial charge in [-0.1, -0.05) is 109 Å². The monoisotopic (exact) mass is 583 g/mol. The number of anilines is 1. The van der Waals surface area contributed by atoms with Gasteiger partial charge in [0.25, 0.3) is 0 Å². The number of fused-ring (bicyclic) bond motifs is 3. The van der Waals surface area contributed by atoms with E-state index in [0.29, 0.717) is 0 Å². The van der Waals surface area contributed by atoms with Crippen LogP contribution in [0.25, 0.3) is 39.2 Å². The number of amidine groups is 2. The van der Waals surface area contributed by atoms with Crippen LogP contribution in [0, 0.1) is 6.92 Å². The van der Waals surface area contributed by atoms with E-state index >= 15 is 0 Å². The van der Waals surface area contributed by atoms with Crippen LogP contribution in [0.5, 0.6) is 0 Å². The minimum atomic E-state index is -0.352. The maximum Gasteiger partial charge on any atom is 0.169 e. The van der Waals surface area contributed by atoms with Gasteiger partial charge in [-0.15, -0.1) is 0 Å². The Labute approximate surface area is 263 Å². The fraction of sp³-hybridized carbons (Fsp3) is 0.125. The third kappa shape index (κ3) is 5.27. The number of hydrogen-bond donors (Lipinski definition) is 2. The molecule has 2 N–H and O–H groups in total. The molecule has 0 radical (unpaired) electrons. The zero-order chi connectivity index (χ0) is 30.2. The topological polar surface area (TPSA) is 61.7 Å². The molecule has 0 amide bonds. The molecule has 0 saturated carbocycles. The van der Waals surface area contributed by atoms with Gasteiger partial charge in [0.1, 0.15) is 11.7 Å². The third-order valence-corrected chi connectivity index (χ3v) is 8.58. The zero-order valence-corrected chi connectivity index (χ0v) is 25.2. The predicted octanol–water partition coefficient (Wildman–Crippen LogP) is 9.04. The van der Waals surface area contributed by atoms with Crippen LogP contribution in [0.3, 0.4) is 0 Å². The second kappa shape index (κ2) is 11.5. The van der Waals surface area contributed by atoms with Crippen LogP contribution in [0.15, 0.2) is 137 Å². The molecule has 1 unspecified atom stereocenters. The summed E-state index contributed by atoms with van der Waals surface area (Å²) in [5.41, 5.74) is 12.2. The summed E-state index contributed by atoms with van der Waals surface area (Å²) in [5, 5.41) is 8.21. The first-order valence-corrected chi connectivity index (χ1v) is 15.6. The van der Waals surface area contributed by atoms with E-state index in [0.717, 1.165) is 81.2 Å². The summed E-state index contributed by atoms with van der Waals surface area (Å²) in [4.78, 5) is 15.2. The highest BCUT2D eigenvalue weighted by atomic mass is 15.2. The average Bonchev–Trinajstić information content (AvgIpc) is 3.12. The van der Waals surface area contributed by atoms with Crippen molar-refractivity contribution in [2.24, 2.45) is 9.98 Å². The number of aromatic nitrogens is 1. The normalized spacial score (nSPS) is 17.1. The Morgan fingerprint density at radius 2 is 1.49 bits per heavy atom. The first-order valence-electron chi connectivity index (χ1n) is 15.6. The van der Waals surface area contributed by atoms with Crippen LogP contribution in [-0.4, -0.2) is 23.2 Å². The standard InChI is InChI=1S/C40H33N5/c1-26-23-35(34-21-20-27-19-10-22-41-36(27)37(34)42-26)32-17-8-15-30(24-32)31-16-9-18-33(25-31)40-44-38(28-11-4-2-5-12-28)43-39(45-40)29-13-6-3-7-14-29/h2,4-6,8-21,23-25,40-41H,3,7,22H2,1H3,(H,43,44,45). The Bertz CT molecular complexity index is 2100. The molecule has 0 spiro atoms. The van der Waals surface area contributed by atoms with E-state index in [1.54, 1.807) is 0 Å². The zero-order valence-electron chi connectivity index (χ0n) is 25.2. The van der Waals surface area contributed by atoms with Gasteiger partial charge in [-0.3, -0.25) is 4.98 Å². The van der Waals surface area contributed by atoms with Crippen molar-refractivity contribution in [1.29, 1.82) is 0 Å². The van der Waals surface area contributed by atoms with Gasteiger partial charge < -0.3 is 10.6 Å². The number of pyridine rings is 1. The summed E-state index contributed by atoms with van der Waals surface area (Å²) in [5.74, 6) is 1.70. The van der Waals surface area contributed by atoms with Crippen molar-refractivity contribution in [3.63, 3.8) is 0 Å². The van der Waals surface area contributed by atoms with E-state index in [1.807, 2.05) is 18.2 Å². The number of aryl methyl sites for hydroxylation is 1. The van der Waals surface area contributed by atoms with E-state index < -0.39 is 0 Å². The minimum Gasteiger partial charge on any atom is -0.379 e. The van der Waals surface area contributed by atoms with Gasteiger partial charge in [0.15, 0.2) is 6.17 Å². The van der Waals surface area contributed by atoms with Crippen LogP contribution < -0.4 is 10.6 Å². The SMILES string of the molecule is Cc1cc(-c2cccc(-c3cccc(C4N=C(C5=CCCC=C5)NC(c5ccccc5)=N4)c3)c2)c2ccc3c(c2n1)NCC=C3. The molecule has 0 saturated heterocycles. The van der Waals surface area contributed by atoms with Crippen molar-refractivity contribution in [2.75, 3.05) is 11.9 Å². The summed E-state index contributed by atoms with van der Waals surface area (Å²) < 4.78 is 0. The van der Waals surface area contributed by atoms with Crippen LogP contribution in [0.1, 0.15) is 41.4 Å². The van der Waals surface area contributed by atoms with Crippen molar-refractivity contribution in [3.05, 3.63) is 149 Å². The van der Waals surface area contributed by atoms with Gasteiger partial charge in [-0.2, -0.15) is 0 Å². The largest absolute Gasteiger partial charge is 0.379 e. The minimum absolute atomic E-state index is 0.352. The quantitative estimate of drug-likeness (QED) is 0.217. The summed E-state index contributed by atoms with van der Waals surface area (Å²) >= 11 is 0. The number of nitrogens with zero attached hydrogens (tertiary/aromatic N) is 3. The number of aliphatic imine (C=N–C) groups is 2. The highest BCUT2D eigenvalue weighted by Gasteiger charge is 2.22. The lowest BCUT2D eigenvalue weighted by Gasteiger charge is -2.23. The second-order valence-electron chi connectivity index (χ2n) is 11.7. The molecule has 0 bridgehead atoms. The highest BCUT2D eigenvalue weighted by molar-refractivity contribution is 6.16. The molecule has 218 valence electrons. The smallest absolute Gasteiger partial charge is 0.169 e. The van der Waals surface area contributed by atoms with Crippen LogP contribution in [0.2, 0.25) is 0 Å². The molecule has 2 aliphatic heterocycles. The van der Waals surface area contributed by atoms with E-state index in [4.69, 9.17) is 15.0 Å². The Morgan fingerprint density at radius 3 is 2.36 bits per heavy atom. The molecule has 4 aromatic carbocycles. The lowest BCUT2D eigenvalue weighted by atomic mass is 9.94. The number of hydrogen-bond acceptors (Lipinski definition) is 5. The number of nitrogens with one attached hydrogen (secondary N) is 2. The molecule has 3 heterocycles. The van der Waals surface area contributed by atoms with Crippen molar-refractivity contribution >= 4 is 34.3 Å². The molecular weight excluding hydrogens is 550 g/mol. The van der Waals surface area contributed by atoms with Crippen molar-refractivity contribution < 1.29 is 0 Å². The maximum atomic E-state index is 5.11. The Kier molecular flexibility index (Phi) is 6.91. The fourth-order valence-corrected chi connectivity index (χ4v) is 6.37. The molecular formula is C40H33N5. The van der Waals surface area contributed by atoms with Gasteiger partial charge in [0, 0.05) is 28.8 Å². The Balaban J connectivity index is 1.19. The molecule has 5 nitrogen and oxygen atoms in total. The number of benzene rings is 4. The second-order valence-corrected chi connectivity index (χ2v) is 11.7. The third-order valence-electron chi connectivity index (χ3n) is 8.58. The lowest BCUT2D eigenvalue weighted by molar-refractivity contribution is 0.755. The first-order chi connectivity index (χ1) is 22.2. The molecule has 45 heavy (non-hydrogen) atoms. The summed E-state index contributed by atoms with van der Waals surface area (Å²) in [6, 6.07) is 34.3. The highest BCUT2D eigenvalue weighted by Crippen LogP contribution is 2.37. The van der Waals surface area contributed by atoms with Gasteiger partial charge >= 0.3 is 0 Å². The summed E-state index contributed by atoms with van der Waals surface area (Å²) in [6.45, 7) is 2.89. The molecule has 3 aliphatic rings. The van der Waals surface area contributed by atoms with Gasteiger partial charge in [0.2, 0.25) is 0 Å². The average molecular weight is 584 g/mol. The Hall–Kier alpha value is -5.55. The molecule has 1 aromatic heterocycles. The maximum absolute atomic E-state index is 5.11. The molecule has 5 aromatic rings. The summed E-state index contributed by atoms with van der Waals surface area (Å²) in [6.07, 6.45) is 12.7. The van der Waals surface area contributed by atoms with E-state index in [9.17, 15) is 0 Å². The van der Waals surface area contributed by atoms with E-state index in [2.05, 4.69) is 127 Å². The first kappa shape index (κ1) is 27.0. The fourth-order valence-electron chi connectivity index (χ4n) is 6.37. The lowest BCUT2D eigenvalue weighted by Crippen LogP contribution is -2.36. The van der Waals surface area contributed by atoms with E-state index in [-0.39, 0.29) is 6.17 Å². The Morgan fingerprint density at radius 1 is 0.689 bits per heavy atom. The molecule has 1 aliphatic carbocycles. The van der Waals surface area contributed by atoms with Crippen molar-refractivity contribution in [3.8, 4) is 22.3 Å². The predicted molar refractivity (Wildman–Crippen MR) is 188 cm³/mol. The van der Waals surface area contributed by atoms with Crippen LogP contribution in [-0.2, 0) is 0 Å². The molecule has 5 heteroatoms. The molecule has 0 fully saturated rings. The number of rotatable bonds is 5. The van der Waals surface area contributed by atoms with Gasteiger partial charge in [0.05, 0.1) is 11.2 Å².